The van der Waals surface area contributed by atoms with Crippen molar-refractivity contribution in [2.24, 2.45) is 11.6 Å². The van der Waals surface area contributed by atoms with Crippen molar-refractivity contribution in [2.75, 3.05) is 6.61 Å². The molecule has 0 aliphatic rings. The molecule has 0 spiro atoms. The van der Waals surface area contributed by atoms with Gasteiger partial charge in [-0.1, -0.05) is 40.5 Å². The molecule has 0 saturated heterocycles. The maximum absolute atomic E-state index is 11.5. The monoisotopic (exact) mass is 434 g/mol. The molecular formula is C14H32N2O9P2. The van der Waals surface area contributed by atoms with Crippen LogP contribution >= 0.6 is 15.2 Å². The molecular weight excluding hydrogens is 402 g/mol. The summed E-state index contributed by atoms with van der Waals surface area (Å²) in [6.45, 7) is 7.62. The summed E-state index contributed by atoms with van der Waals surface area (Å²) in [4.78, 5) is 39.3. The van der Waals surface area contributed by atoms with Gasteiger partial charge in [-0.25, -0.2) is 24.4 Å². The van der Waals surface area contributed by atoms with Gasteiger partial charge in [-0.2, -0.15) is 0 Å². The predicted octanol–water partition coefficient (Wildman–Crippen LogP) is 3.62. The Bertz CT molecular complexity index is 551. The fourth-order valence-electron chi connectivity index (χ4n) is 2.13. The van der Waals surface area contributed by atoms with E-state index < -0.39 is 32.2 Å². The molecule has 0 radical (unpaired) electrons. The van der Waals surface area contributed by atoms with E-state index >= 15 is 0 Å². The van der Waals surface area contributed by atoms with Gasteiger partial charge in [0.25, 0.3) is 0 Å². The lowest BCUT2D eigenvalue weighted by Gasteiger charge is -2.32. The van der Waals surface area contributed by atoms with Gasteiger partial charge in [-0.05, 0) is 25.7 Å². The van der Waals surface area contributed by atoms with Gasteiger partial charge in [0.05, 0.1) is 6.61 Å². The van der Waals surface area contributed by atoms with E-state index in [0.717, 1.165) is 12.8 Å². The van der Waals surface area contributed by atoms with Crippen LogP contribution in [0.15, 0.2) is 0 Å². The Hall–Kier alpha value is -0.800. The molecule has 0 fully saturated rings. The molecule has 0 aromatic rings. The molecule has 0 aliphatic heterocycles. The van der Waals surface area contributed by atoms with Crippen LogP contribution < -0.4 is 11.6 Å². The lowest BCUT2D eigenvalue weighted by atomic mass is 9.90. The molecule has 0 bridgehead atoms. The van der Waals surface area contributed by atoms with Crippen molar-refractivity contribution in [2.45, 2.75) is 71.8 Å². The molecule has 2 unspecified atom stereocenters. The number of amides is 1. The Morgan fingerprint density at radius 2 is 1.44 bits per heavy atom. The summed E-state index contributed by atoms with van der Waals surface area (Å²) in [6.07, 6.45) is 4.09. The number of hydrogen-bond donors (Lipinski definition) is 4. The van der Waals surface area contributed by atoms with Gasteiger partial charge in [0, 0.05) is 0 Å². The first kappa shape index (κ1) is 28.4. The normalized spacial score (nSPS) is 15.7. The third-order valence-electron chi connectivity index (χ3n) is 3.48. The summed E-state index contributed by atoms with van der Waals surface area (Å²) in [5.41, 5.74) is 1.26. The summed E-state index contributed by atoms with van der Waals surface area (Å²) in [5, 5.41) is 0. The Morgan fingerprint density at radius 3 is 1.74 bits per heavy atom. The standard InChI is InChI=1S/C10H22NO5P.C4H10NO4P/c1-4-7-10(6-3,8-5-2)15-9(12)17(13,14)16-11;1-2-3-9-10(7,8)4(5)6/h4-8,11H2,1-3H3,(H,13,14);2-3H2,1H3,(H2,5,6)(H,7,8). The summed E-state index contributed by atoms with van der Waals surface area (Å²) in [5.74, 6) is 4.60. The van der Waals surface area contributed by atoms with Crippen LogP contribution in [-0.4, -0.2) is 33.4 Å². The average Bonchev–Trinajstić information content (AvgIpc) is 2.60. The van der Waals surface area contributed by atoms with E-state index in [1.165, 1.54) is 0 Å². The lowest BCUT2D eigenvalue weighted by Crippen LogP contribution is -2.34. The zero-order valence-electron chi connectivity index (χ0n) is 16.3. The van der Waals surface area contributed by atoms with Crippen molar-refractivity contribution in [3.8, 4) is 0 Å². The van der Waals surface area contributed by atoms with E-state index in [0.29, 0.717) is 25.7 Å². The summed E-state index contributed by atoms with van der Waals surface area (Å²) < 4.78 is 35.0. The number of nitrogens with two attached hydrogens (primary N) is 2. The first-order chi connectivity index (χ1) is 12.4. The van der Waals surface area contributed by atoms with Crippen LogP contribution in [0, 0.1) is 0 Å². The highest BCUT2D eigenvalue weighted by molar-refractivity contribution is 7.70. The molecule has 27 heavy (non-hydrogen) atoms. The molecule has 1 amide bonds. The number of carbonyl (C=O) groups excluding carboxylic acids is 2. The number of carbonyl (C=O) groups is 2. The van der Waals surface area contributed by atoms with Gasteiger partial charge in [-0.15, -0.1) is 0 Å². The van der Waals surface area contributed by atoms with Gasteiger partial charge >= 0.3 is 26.6 Å². The first-order valence-electron chi connectivity index (χ1n) is 8.60. The third kappa shape index (κ3) is 10.9. The smallest absolute Gasteiger partial charge is 0.450 e. The van der Waals surface area contributed by atoms with Crippen LogP contribution in [-0.2, 0) is 23.0 Å². The van der Waals surface area contributed by atoms with Gasteiger partial charge in [0.2, 0.25) is 0 Å². The maximum atomic E-state index is 11.5. The van der Waals surface area contributed by atoms with Gasteiger partial charge in [0.1, 0.15) is 5.60 Å². The molecule has 0 saturated carbocycles. The second-order valence-electron chi connectivity index (χ2n) is 5.72. The summed E-state index contributed by atoms with van der Waals surface area (Å²) in [6, 6.07) is 0. The van der Waals surface area contributed by atoms with Crippen LogP contribution in [0.25, 0.3) is 0 Å². The fraction of sp³-hybridized carbons (Fsp3) is 0.857. The van der Waals surface area contributed by atoms with Crippen LogP contribution in [0.5, 0.6) is 0 Å². The highest BCUT2D eigenvalue weighted by atomic mass is 31.2. The van der Waals surface area contributed by atoms with Crippen molar-refractivity contribution in [3.63, 3.8) is 0 Å². The third-order valence-corrected chi connectivity index (χ3v) is 5.41. The molecule has 0 aliphatic carbocycles. The molecule has 13 heteroatoms. The van der Waals surface area contributed by atoms with Crippen molar-refractivity contribution in [1.29, 1.82) is 0 Å². The molecule has 11 nitrogen and oxygen atoms in total. The van der Waals surface area contributed by atoms with Crippen LogP contribution in [0.3, 0.4) is 0 Å². The minimum absolute atomic E-state index is 0.0662. The Balaban J connectivity index is 0. The van der Waals surface area contributed by atoms with Crippen LogP contribution in [0.2, 0.25) is 0 Å². The minimum atomic E-state index is -4.50. The fourth-order valence-corrected chi connectivity index (χ4v) is 3.08. The minimum Gasteiger partial charge on any atom is -0.450 e. The number of ether oxygens (including phenoxy) is 1. The SMILES string of the molecule is CCCC(CC)(CCC)OC(=O)P(=O)(O)ON.CCCOP(=O)(O)C(N)=O. The van der Waals surface area contributed by atoms with Gasteiger partial charge in [0.15, 0.2) is 0 Å². The summed E-state index contributed by atoms with van der Waals surface area (Å²) >= 11 is 0. The molecule has 0 aromatic heterocycles. The lowest BCUT2D eigenvalue weighted by molar-refractivity contribution is 0.00344. The Labute approximate surface area is 159 Å². The number of rotatable bonds is 12. The molecule has 0 rings (SSSR count). The summed E-state index contributed by atoms with van der Waals surface area (Å²) in [7, 11) is -8.65. The quantitative estimate of drug-likeness (QED) is 0.261. The zero-order chi connectivity index (χ0) is 21.7. The highest BCUT2D eigenvalue weighted by Crippen LogP contribution is 2.45. The van der Waals surface area contributed by atoms with E-state index in [1.54, 1.807) is 6.92 Å². The molecule has 0 heterocycles. The Kier molecular flexibility index (Phi) is 14.1. The Morgan fingerprint density at radius 1 is 0.963 bits per heavy atom. The van der Waals surface area contributed by atoms with Crippen LogP contribution in [0.1, 0.15) is 66.2 Å². The molecule has 2 atom stereocenters. The van der Waals surface area contributed by atoms with Crippen molar-refractivity contribution in [3.05, 3.63) is 0 Å². The van der Waals surface area contributed by atoms with Gasteiger partial charge in [-0.3, -0.25) is 4.79 Å². The number of primary amides is 1. The van der Waals surface area contributed by atoms with Crippen molar-refractivity contribution in [1.82, 2.24) is 0 Å². The topological polar surface area (TPSA) is 188 Å². The van der Waals surface area contributed by atoms with E-state index in [1.807, 2.05) is 20.8 Å². The average molecular weight is 434 g/mol. The molecule has 6 N–H and O–H groups in total. The van der Waals surface area contributed by atoms with Crippen molar-refractivity contribution < 1.29 is 42.4 Å². The molecule has 0 aromatic carbocycles. The first-order valence-corrected chi connectivity index (χ1v) is 11.8. The van der Waals surface area contributed by atoms with E-state index in [2.05, 4.69) is 20.8 Å². The maximum Gasteiger partial charge on any atom is 0.451 e. The van der Waals surface area contributed by atoms with Crippen LogP contribution in [0.4, 0.5) is 9.59 Å². The highest BCUT2D eigenvalue weighted by Gasteiger charge is 2.39. The largest absolute Gasteiger partial charge is 0.451 e. The zero-order valence-corrected chi connectivity index (χ0v) is 18.0. The second-order valence-corrected chi connectivity index (χ2v) is 9.08. The second kappa shape index (κ2) is 13.4. The van der Waals surface area contributed by atoms with E-state index in [9.17, 15) is 18.7 Å². The van der Waals surface area contributed by atoms with E-state index in [-0.39, 0.29) is 6.61 Å². The van der Waals surface area contributed by atoms with Crippen molar-refractivity contribution >= 4 is 26.6 Å². The molecule has 162 valence electrons. The van der Waals surface area contributed by atoms with Gasteiger partial charge < -0.3 is 24.8 Å². The predicted molar refractivity (Wildman–Crippen MR) is 100 cm³/mol. The number of hydrogen-bond acceptors (Lipinski definition) is 8. The van der Waals surface area contributed by atoms with E-state index in [4.69, 9.17) is 14.5 Å².